The van der Waals surface area contributed by atoms with Gasteiger partial charge in [0.05, 0.1) is 17.4 Å². The molecule has 1 saturated carbocycles. The smallest absolute Gasteiger partial charge is 0.332 e. The summed E-state index contributed by atoms with van der Waals surface area (Å²) in [4.78, 5) is 50.5. The number of aromatic nitrogens is 2. The summed E-state index contributed by atoms with van der Waals surface area (Å²) in [6.45, 7) is 7.82. The van der Waals surface area contributed by atoms with Gasteiger partial charge in [-0.15, -0.1) is 5.54 Å². The number of carbonyl (C=O) groups excluding carboxylic acids is 2. The topological polar surface area (TPSA) is 98.4 Å². The molecule has 0 spiro atoms. The van der Waals surface area contributed by atoms with E-state index >= 15 is 0 Å². The summed E-state index contributed by atoms with van der Waals surface area (Å²) < 4.78 is 2.44. The van der Waals surface area contributed by atoms with Crippen molar-refractivity contribution in [2.75, 3.05) is 0 Å². The lowest BCUT2D eigenvalue weighted by atomic mass is 9.88. The average molecular weight is 439 g/mol. The zero-order valence-corrected chi connectivity index (χ0v) is 19.5. The second-order valence-corrected chi connectivity index (χ2v) is 13.6. The number of hydrogen-bond donors (Lipinski definition) is 1. The molecular weight excluding hydrogens is 412 g/mol. The zero-order chi connectivity index (χ0) is 23.1. The van der Waals surface area contributed by atoms with Gasteiger partial charge in [-0.3, -0.25) is 19.0 Å². The van der Waals surface area contributed by atoms with E-state index in [1.54, 1.807) is 20.0 Å². The van der Waals surface area contributed by atoms with Crippen molar-refractivity contribution in [2.24, 2.45) is 7.05 Å². The number of hydrogen-bond acceptors (Lipinski definition) is 5. The molecule has 0 aliphatic heterocycles. The quantitative estimate of drug-likeness (QED) is 0.255. The normalized spacial score (nSPS) is 14.5. The van der Waals surface area contributed by atoms with Crippen molar-refractivity contribution >= 4 is 36.3 Å². The molecule has 0 saturated heterocycles. The molecule has 1 fully saturated rings. The number of aliphatic hydroxyl groups excluding tert-OH is 1. The zero-order valence-electron chi connectivity index (χ0n) is 18.5. The third kappa shape index (κ3) is 4.19. The van der Waals surface area contributed by atoms with Crippen LogP contribution in [0.4, 0.5) is 0 Å². The number of aryl methyl sites for hydroxylation is 2. The summed E-state index contributed by atoms with van der Waals surface area (Å²) in [7, 11) is -0.101. The Morgan fingerprint density at radius 3 is 2.29 bits per heavy atom. The Morgan fingerprint density at radius 2 is 1.71 bits per heavy atom. The van der Waals surface area contributed by atoms with Crippen LogP contribution in [-0.4, -0.2) is 33.9 Å². The number of carbonyl (C=O) groups is 2. The minimum absolute atomic E-state index is 0.0283. The Morgan fingerprint density at radius 1 is 1.10 bits per heavy atom. The van der Waals surface area contributed by atoms with Crippen LogP contribution in [0, 0.1) is 18.4 Å². The van der Waals surface area contributed by atoms with E-state index in [1.165, 1.54) is 10.6 Å². The van der Waals surface area contributed by atoms with Crippen molar-refractivity contribution in [1.29, 1.82) is 0 Å². The lowest BCUT2D eigenvalue weighted by molar-refractivity contribution is -0.123. The van der Waals surface area contributed by atoms with Crippen molar-refractivity contribution in [3.63, 3.8) is 0 Å². The fraction of sp³-hybridized carbons (Fsp3) is 0.391. The van der Waals surface area contributed by atoms with Crippen LogP contribution in [0.15, 0.2) is 27.3 Å². The predicted molar refractivity (Wildman–Crippen MR) is 123 cm³/mol. The molecular formula is C23H26N2O5Si. The molecule has 1 aromatic carbocycles. The van der Waals surface area contributed by atoms with Gasteiger partial charge in [-0.25, -0.2) is 9.36 Å². The SMILES string of the molecule is Cc1c(C(O)=C2C(=O)CCCC2=O)ccc2c1c(=O)n(CC#C[Si](C)(C)C)c(=O)n2C. The summed E-state index contributed by atoms with van der Waals surface area (Å²) in [6.07, 6.45) is 0.875. The summed E-state index contributed by atoms with van der Waals surface area (Å²) in [5.74, 6) is 1.75. The molecule has 7 nitrogen and oxygen atoms in total. The molecule has 1 aromatic heterocycles. The van der Waals surface area contributed by atoms with E-state index in [4.69, 9.17) is 0 Å². The van der Waals surface area contributed by atoms with E-state index in [-0.39, 0.29) is 35.9 Å². The third-order valence-corrected chi connectivity index (χ3v) is 6.27. The van der Waals surface area contributed by atoms with Crippen LogP contribution in [0.5, 0.6) is 0 Å². The molecule has 0 atom stereocenters. The molecule has 8 heteroatoms. The van der Waals surface area contributed by atoms with Gasteiger partial charge in [0.25, 0.3) is 5.56 Å². The first kappa shape index (κ1) is 22.5. The maximum Gasteiger partial charge on any atom is 0.332 e. The number of nitrogens with zero attached hydrogens (tertiary/aromatic N) is 2. The van der Waals surface area contributed by atoms with Gasteiger partial charge >= 0.3 is 5.69 Å². The van der Waals surface area contributed by atoms with Crippen molar-refractivity contribution in [2.45, 2.75) is 52.4 Å². The fourth-order valence-electron chi connectivity index (χ4n) is 3.75. The number of fused-ring (bicyclic) bond motifs is 1. The number of aliphatic hydroxyl groups is 1. The highest BCUT2D eigenvalue weighted by molar-refractivity contribution is 6.83. The third-order valence-electron chi connectivity index (χ3n) is 5.34. The number of allylic oxidation sites excluding steroid dienone is 1. The second-order valence-electron chi connectivity index (χ2n) is 8.84. The van der Waals surface area contributed by atoms with E-state index in [0.29, 0.717) is 17.5 Å². The first-order valence-electron chi connectivity index (χ1n) is 10.2. The van der Waals surface area contributed by atoms with E-state index in [9.17, 15) is 24.3 Å². The first-order chi connectivity index (χ1) is 14.4. The Balaban J connectivity index is 2.28. The summed E-state index contributed by atoms with van der Waals surface area (Å²) in [5.41, 5.74) is 3.00. The summed E-state index contributed by atoms with van der Waals surface area (Å²) in [5, 5.41) is 11.0. The van der Waals surface area contributed by atoms with Crippen molar-refractivity contribution < 1.29 is 14.7 Å². The van der Waals surface area contributed by atoms with Crippen LogP contribution in [0.2, 0.25) is 19.6 Å². The second kappa shape index (κ2) is 8.15. The first-order valence-corrected chi connectivity index (χ1v) is 13.7. The van der Waals surface area contributed by atoms with Crippen LogP contribution in [0.1, 0.15) is 30.4 Å². The molecule has 3 rings (SSSR count). The largest absolute Gasteiger partial charge is 0.506 e. The highest BCUT2D eigenvalue weighted by Crippen LogP contribution is 2.28. The highest BCUT2D eigenvalue weighted by Gasteiger charge is 2.28. The van der Waals surface area contributed by atoms with Gasteiger partial charge in [0.1, 0.15) is 19.4 Å². The molecule has 0 bridgehead atoms. The standard InChI is InChI=1S/C23H26N2O5Si/c1-14-15(21(28)20-17(26)8-6-9-18(20)27)10-11-16-19(14)22(29)25(23(30)24(16)2)12-7-13-31(3,4)5/h10-11,28H,6,8-9,12H2,1-5H3. The Kier molecular flexibility index (Phi) is 5.92. The number of Topliss-reactive ketones (excluding diaryl/α,β-unsaturated/α-hetero) is 2. The molecule has 0 unspecified atom stereocenters. The maximum atomic E-state index is 13.2. The van der Waals surface area contributed by atoms with Gasteiger partial charge in [-0.05, 0) is 31.0 Å². The van der Waals surface area contributed by atoms with Crippen LogP contribution < -0.4 is 11.2 Å². The van der Waals surface area contributed by atoms with Crippen LogP contribution in [0.3, 0.4) is 0 Å². The molecule has 1 heterocycles. The summed E-state index contributed by atoms with van der Waals surface area (Å²) in [6, 6.07) is 3.08. The Labute approximate surface area is 181 Å². The van der Waals surface area contributed by atoms with E-state index in [0.717, 1.165) is 4.57 Å². The number of benzene rings is 1. The molecule has 1 N–H and O–H groups in total. The monoisotopic (exact) mass is 438 g/mol. The minimum Gasteiger partial charge on any atom is -0.506 e. The molecule has 0 radical (unpaired) electrons. The molecule has 2 aromatic rings. The number of rotatable bonds is 2. The minimum atomic E-state index is -1.67. The lowest BCUT2D eigenvalue weighted by Gasteiger charge is -2.17. The van der Waals surface area contributed by atoms with E-state index in [2.05, 4.69) is 31.1 Å². The van der Waals surface area contributed by atoms with Gasteiger partial charge in [-0.1, -0.05) is 25.6 Å². The van der Waals surface area contributed by atoms with Crippen molar-refractivity contribution in [1.82, 2.24) is 9.13 Å². The Bertz CT molecular complexity index is 1310. The van der Waals surface area contributed by atoms with Gasteiger partial charge in [-0.2, -0.15) is 0 Å². The summed E-state index contributed by atoms with van der Waals surface area (Å²) >= 11 is 0. The van der Waals surface area contributed by atoms with E-state index in [1.807, 2.05) is 0 Å². The van der Waals surface area contributed by atoms with Gasteiger partial charge in [0.15, 0.2) is 11.6 Å². The molecule has 1 aliphatic rings. The molecule has 162 valence electrons. The van der Waals surface area contributed by atoms with E-state index < -0.39 is 36.6 Å². The number of ketones is 2. The van der Waals surface area contributed by atoms with Crippen LogP contribution in [0.25, 0.3) is 16.7 Å². The Hall–Kier alpha value is -3.18. The molecule has 0 amide bonds. The van der Waals surface area contributed by atoms with Crippen molar-refractivity contribution in [3.8, 4) is 11.5 Å². The van der Waals surface area contributed by atoms with Crippen molar-refractivity contribution in [3.05, 3.63) is 49.7 Å². The average Bonchev–Trinajstić information content (AvgIpc) is 2.67. The molecule has 1 aliphatic carbocycles. The van der Waals surface area contributed by atoms with Gasteiger partial charge in [0.2, 0.25) is 0 Å². The fourth-order valence-corrected chi connectivity index (χ4v) is 4.36. The highest BCUT2D eigenvalue weighted by atomic mass is 28.3. The van der Waals surface area contributed by atoms with Crippen LogP contribution in [-0.2, 0) is 23.2 Å². The lowest BCUT2D eigenvalue weighted by Crippen LogP contribution is -2.39. The maximum absolute atomic E-state index is 13.2. The van der Waals surface area contributed by atoms with Gasteiger partial charge < -0.3 is 5.11 Å². The van der Waals surface area contributed by atoms with Crippen LogP contribution >= 0.6 is 0 Å². The molecule has 31 heavy (non-hydrogen) atoms. The predicted octanol–water partition coefficient (Wildman–Crippen LogP) is 2.48. The van der Waals surface area contributed by atoms with Gasteiger partial charge in [0, 0.05) is 25.5 Å².